The number of halogens is 1. The highest BCUT2D eigenvalue weighted by Crippen LogP contribution is 2.29. The van der Waals surface area contributed by atoms with Crippen LogP contribution in [0.25, 0.3) is 0 Å². The standard InChI is InChI=1S/C21H25FN2O2/c22-20-6-2-1-5-19(20)21(25)24-13-17(9-11-26-15-16-7-8-16)12-23-10-3-4-18(23)14-24/h1-6,10,16-17H,7-9,11-15H2. The smallest absolute Gasteiger partial charge is 0.257 e. The summed E-state index contributed by atoms with van der Waals surface area (Å²) in [6.07, 6.45) is 5.55. The maximum absolute atomic E-state index is 14.1. The number of fused-ring (bicyclic) bond motifs is 1. The van der Waals surface area contributed by atoms with Crippen LogP contribution in [0.3, 0.4) is 0 Å². The van der Waals surface area contributed by atoms with Crippen LogP contribution in [0.2, 0.25) is 0 Å². The minimum atomic E-state index is -0.457. The van der Waals surface area contributed by atoms with E-state index in [1.807, 2.05) is 12.1 Å². The molecule has 1 saturated carbocycles. The zero-order valence-electron chi connectivity index (χ0n) is 14.9. The maximum atomic E-state index is 14.1. The lowest BCUT2D eigenvalue weighted by atomic mass is 10.0. The van der Waals surface area contributed by atoms with Crippen LogP contribution in [0.5, 0.6) is 0 Å². The highest BCUT2D eigenvalue weighted by Gasteiger charge is 2.27. The average Bonchev–Trinajstić information content (AvgIpc) is 3.40. The first-order chi connectivity index (χ1) is 12.7. The molecule has 1 aliphatic carbocycles. The summed E-state index contributed by atoms with van der Waals surface area (Å²) in [7, 11) is 0. The second-order valence-electron chi connectivity index (χ2n) is 7.49. The fourth-order valence-corrected chi connectivity index (χ4v) is 3.61. The van der Waals surface area contributed by atoms with Crippen molar-refractivity contribution in [2.45, 2.75) is 32.4 Å². The molecular formula is C21H25FN2O2. The molecule has 4 nitrogen and oxygen atoms in total. The topological polar surface area (TPSA) is 34.5 Å². The van der Waals surface area contributed by atoms with Gasteiger partial charge in [0, 0.05) is 38.2 Å². The van der Waals surface area contributed by atoms with E-state index >= 15 is 0 Å². The molecule has 26 heavy (non-hydrogen) atoms. The van der Waals surface area contributed by atoms with Gasteiger partial charge in [0.25, 0.3) is 5.91 Å². The minimum Gasteiger partial charge on any atom is -0.381 e. The molecule has 2 heterocycles. The zero-order chi connectivity index (χ0) is 17.9. The molecule has 0 saturated heterocycles. The van der Waals surface area contributed by atoms with E-state index < -0.39 is 5.82 Å². The van der Waals surface area contributed by atoms with Crippen LogP contribution in [-0.2, 0) is 17.8 Å². The van der Waals surface area contributed by atoms with Crippen LogP contribution in [0.15, 0.2) is 42.6 Å². The molecule has 1 fully saturated rings. The van der Waals surface area contributed by atoms with Gasteiger partial charge in [0.05, 0.1) is 12.1 Å². The van der Waals surface area contributed by atoms with Gasteiger partial charge in [-0.3, -0.25) is 4.79 Å². The zero-order valence-corrected chi connectivity index (χ0v) is 14.9. The molecule has 138 valence electrons. The van der Waals surface area contributed by atoms with Crippen LogP contribution < -0.4 is 0 Å². The predicted molar refractivity (Wildman–Crippen MR) is 97.2 cm³/mol. The second-order valence-corrected chi connectivity index (χ2v) is 7.49. The molecule has 0 spiro atoms. The van der Waals surface area contributed by atoms with Crippen molar-refractivity contribution in [3.63, 3.8) is 0 Å². The van der Waals surface area contributed by atoms with E-state index in [9.17, 15) is 9.18 Å². The molecule has 0 N–H and O–H groups in total. The summed E-state index contributed by atoms with van der Waals surface area (Å²) in [6.45, 7) is 3.59. The number of nitrogens with zero attached hydrogens (tertiary/aromatic N) is 2. The Morgan fingerprint density at radius 3 is 2.77 bits per heavy atom. The largest absolute Gasteiger partial charge is 0.381 e. The first kappa shape index (κ1) is 17.3. The molecule has 1 aliphatic heterocycles. The monoisotopic (exact) mass is 356 g/mol. The van der Waals surface area contributed by atoms with Crippen molar-refractivity contribution in [1.82, 2.24) is 9.47 Å². The van der Waals surface area contributed by atoms with Crippen molar-refractivity contribution >= 4 is 5.91 Å². The molecule has 0 bridgehead atoms. The number of carbonyl (C=O) groups is 1. The highest BCUT2D eigenvalue weighted by atomic mass is 19.1. The van der Waals surface area contributed by atoms with E-state index in [2.05, 4.69) is 10.8 Å². The number of rotatable bonds is 6. The van der Waals surface area contributed by atoms with Crippen molar-refractivity contribution in [3.8, 4) is 0 Å². The molecule has 1 atom stereocenters. The second kappa shape index (κ2) is 7.62. The van der Waals surface area contributed by atoms with E-state index in [1.165, 1.54) is 18.9 Å². The van der Waals surface area contributed by atoms with Crippen molar-refractivity contribution in [2.24, 2.45) is 11.8 Å². The normalized spacial score (nSPS) is 19.9. The Kier molecular flexibility index (Phi) is 5.07. The highest BCUT2D eigenvalue weighted by molar-refractivity contribution is 5.94. The average molecular weight is 356 g/mol. The predicted octanol–water partition coefficient (Wildman–Crippen LogP) is 3.72. The van der Waals surface area contributed by atoms with Gasteiger partial charge in [-0.25, -0.2) is 4.39 Å². The van der Waals surface area contributed by atoms with Crippen LogP contribution >= 0.6 is 0 Å². The Balaban J connectivity index is 1.46. The molecule has 1 unspecified atom stereocenters. The van der Waals surface area contributed by atoms with E-state index in [0.29, 0.717) is 19.0 Å². The number of carbonyl (C=O) groups excluding carboxylic acids is 1. The van der Waals surface area contributed by atoms with Gasteiger partial charge in [0.15, 0.2) is 0 Å². The Labute approximate surface area is 153 Å². The molecule has 1 aromatic heterocycles. The third-order valence-electron chi connectivity index (χ3n) is 5.32. The first-order valence-corrected chi connectivity index (χ1v) is 9.46. The first-order valence-electron chi connectivity index (χ1n) is 9.46. The summed E-state index contributed by atoms with van der Waals surface area (Å²) in [5.74, 6) is 0.376. The van der Waals surface area contributed by atoms with E-state index in [4.69, 9.17) is 4.74 Å². The maximum Gasteiger partial charge on any atom is 0.257 e. The Bertz CT molecular complexity index is 769. The SMILES string of the molecule is O=C(c1ccccc1F)N1Cc2cccn2CC(CCOCC2CC2)C1. The van der Waals surface area contributed by atoms with Gasteiger partial charge in [-0.15, -0.1) is 0 Å². The van der Waals surface area contributed by atoms with Crippen molar-refractivity contribution in [2.75, 3.05) is 19.8 Å². The summed E-state index contributed by atoms with van der Waals surface area (Å²) < 4.78 is 22.1. The van der Waals surface area contributed by atoms with Gasteiger partial charge in [-0.05, 0) is 55.4 Å². The molecule has 5 heteroatoms. The summed E-state index contributed by atoms with van der Waals surface area (Å²) >= 11 is 0. The third-order valence-corrected chi connectivity index (χ3v) is 5.32. The van der Waals surface area contributed by atoms with E-state index in [0.717, 1.165) is 37.8 Å². The van der Waals surface area contributed by atoms with Gasteiger partial charge in [-0.1, -0.05) is 12.1 Å². The van der Waals surface area contributed by atoms with Crippen LogP contribution in [0.1, 0.15) is 35.3 Å². The van der Waals surface area contributed by atoms with Gasteiger partial charge in [0.1, 0.15) is 5.82 Å². The lowest BCUT2D eigenvalue weighted by Crippen LogP contribution is -2.34. The number of amides is 1. The Morgan fingerprint density at radius 1 is 1.12 bits per heavy atom. The van der Waals surface area contributed by atoms with E-state index in [1.54, 1.807) is 23.1 Å². The van der Waals surface area contributed by atoms with Crippen molar-refractivity contribution in [3.05, 3.63) is 59.7 Å². The van der Waals surface area contributed by atoms with Gasteiger partial charge in [0.2, 0.25) is 0 Å². The van der Waals surface area contributed by atoms with E-state index in [-0.39, 0.29) is 11.5 Å². The summed E-state index contributed by atoms with van der Waals surface area (Å²) in [5.41, 5.74) is 1.24. The number of hydrogen-bond donors (Lipinski definition) is 0. The van der Waals surface area contributed by atoms with Gasteiger partial charge < -0.3 is 14.2 Å². The Morgan fingerprint density at radius 2 is 1.96 bits per heavy atom. The summed E-state index contributed by atoms with van der Waals surface area (Å²) in [6, 6.07) is 10.3. The van der Waals surface area contributed by atoms with Crippen LogP contribution in [0, 0.1) is 17.7 Å². The number of hydrogen-bond acceptors (Lipinski definition) is 2. The van der Waals surface area contributed by atoms with Crippen LogP contribution in [0.4, 0.5) is 4.39 Å². The van der Waals surface area contributed by atoms with Crippen molar-refractivity contribution in [1.29, 1.82) is 0 Å². The quantitative estimate of drug-likeness (QED) is 0.740. The summed E-state index contributed by atoms with van der Waals surface area (Å²) in [4.78, 5) is 14.7. The number of benzene rings is 1. The molecular weight excluding hydrogens is 331 g/mol. The number of aromatic nitrogens is 1. The van der Waals surface area contributed by atoms with Gasteiger partial charge >= 0.3 is 0 Å². The fraction of sp³-hybridized carbons (Fsp3) is 0.476. The number of ether oxygens (including phenoxy) is 1. The minimum absolute atomic E-state index is 0.149. The molecule has 2 aromatic rings. The lowest BCUT2D eigenvalue weighted by molar-refractivity contribution is 0.0679. The molecule has 0 radical (unpaired) electrons. The fourth-order valence-electron chi connectivity index (χ4n) is 3.61. The van der Waals surface area contributed by atoms with Gasteiger partial charge in [-0.2, -0.15) is 0 Å². The molecule has 1 amide bonds. The van der Waals surface area contributed by atoms with Crippen LogP contribution in [-0.4, -0.2) is 35.1 Å². The Hall–Kier alpha value is -2.14. The molecule has 1 aromatic carbocycles. The third kappa shape index (κ3) is 3.98. The van der Waals surface area contributed by atoms with Crippen molar-refractivity contribution < 1.29 is 13.9 Å². The molecule has 2 aliphatic rings. The molecule has 4 rings (SSSR count). The summed E-state index contributed by atoms with van der Waals surface area (Å²) in [5, 5.41) is 0. The lowest BCUT2D eigenvalue weighted by Gasteiger charge is -2.24.